The molecule has 1 aliphatic heterocycles. The van der Waals surface area contributed by atoms with Crippen LogP contribution >= 0.6 is 0 Å². The van der Waals surface area contributed by atoms with E-state index in [4.69, 9.17) is 4.74 Å². The van der Waals surface area contributed by atoms with E-state index in [0.29, 0.717) is 24.4 Å². The number of nitrogens with one attached hydrogen (secondary N) is 2. The van der Waals surface area contributed by atoms with Crippen LogP contribution in [0.25, 0.3) is 5.65 Å². The summed E-state index contributed by atoms with van der Waals surface area (Å²) in [5, 5.41) is 6.31. The minimum absolute atomic E-state index is 0.271. The highest BCUT2D eigenvalue weighted by molar-refractivity contribution is 6.05. The van der Waals surface area contributed by atoms with Crippen molar-refractivity contribution in [2.24, 2.45) is 0 Å². The predicted molar refractivity (Wildman–Crippen MR) is 118 cm³/mol. The number of piperazine rings is 1. The fourth-order valence-electron chi connectivity index (χ4n) is 3.71. The molecule has 1 fully saturated rings. The quantitative estimate of drug-likeness (QED) is 0.618. The minimum atomic E-state index is -0.371. The number of carbonyl (C=O) groups excluding carboxylic acids is 1. The smallest absolute Gasteiger partial charge is 0.263 e. The molecule has 0 aromatic carbocycles. The number of rotatable bonds is 6. The third-order valence-corrected chi connectivity index (χ3v) is 5.27. The van der Waals surface area contributed by atoms with Crippen molar-refractivity contribution in [1.82, 2.24) is 29.7 Å². The standard InChI is InChI=1S/C21H28N8O2/c1-5-15-11-28(8-7-22-15)21-23-9-16(20(27-21)31-6-2)19(30)26-17-12-29-10-13(3)24-18(29)14(4)25-17/h9-10,12,15,22H,5-8,11H2,1-4H3,(H,26,30). The van der Waals surface area contributed by atoms with Crippen molar-refractivity contribution in [3.8, 4) is 5.88 Å². The summed E-state index contributed by atoms with van der Waals surface area (Å²) in [6.45, 7) is 10.7. The molecule has 0 aliphatic carbocycles. The molecule has 0 bridgehead atoms. The zero-order chi connectivity index (χ0) is 22.0. The van der Waals surface area contributed by atoms with Gasteiger partial charge in [-0.2, -0.15) is 4.98 Å². The average Bonchev–Trinajstić information content (AvgIpc) is 3.14. The lowest BCUT2D eigenvalue weighted by Gasteiger charge is -2.33. The van der Waals surface area contributed by atoms with Crippen LogP contribution in [-0.2, 0) is 0 Å². The van der Waals surface area contributed by atoms with Crippen LogP contribution in [-0.4, -0.2) is 62.5 Å². The van der Waals surface area contributed by atoms with Gasteiger partial charge in [0.15, 0.2) is 5.65 Å². The summed E-state index contributed by atoms with van der Waals surface area (Å²) in [6.07, 6.45) is 6.18. The maximum absolute atomic E-state index is 13.0. The second-order valence-corrected chi connectivity index (χ2v) is 7.61. The van der Waals surface area contributed by atoms with Crippen LogP contribution < -0.4 is 20.3 Å². The van der Waals surface area contributed by atoms with E-state index in [1.54, 1.807) is 6.20 Å². The van der Waals surface area contributed by atoms with E-state index in [9.17, 15) is 4.79 Å². The molecule has 10 nitrogen and oxygen atoms in total. The number of amides is 1. The largest absolute Gasteiger partial charge is 0.477 e. The first-order chi connectivity index (χ1) is 15.0. The van der Waals surface area contributed by atoms with Gasteiger partial charge in [-0.15, -0.1) is 0 Å². The number of hydrogen-bond donors (Lipinski definition) is 2. The van der Waals surface area contributed by atoms with Gasteiger partial charge in [0.25, 0.3) is 5.91 Å². The number of aryl methyl sites for hydroxylation is 2. The number of anilines is 2. The molecule has 1 saturated heterocycles. The molecule has 0 radical (unpaired) electrons. The number of ether oxygens (including phenoxy) is 1. The van der Waals surface area contributed by atoms with E-state index < -0.39 is 0 Å². The number of fused-ring (bicyclic) bond motifs is 1. The molecule has 1 aliphatic rings. The predicted octanol–water partition coefficient (Wildman–Crippen LogP) is 1.98. The molecule has 3 aromatic rings. The van der Waals surface area contributed by atoms with Crippen molar-refractivity contribution in [3.05, 3.63) is 35.5 Å². The normalized spacial score (nSPS) is 16.5. The monoisotopic (exact) mass is 424 g/mol. The van der Waals surface area contributed by atoms with Crippen LogP contribution in [0.2, 0.25) is 0 Å². The van der Waals surface area contributed by atoms with Gasteiger partial charge >= 0.3 is 0 Å². The van der Waals surface area contributed by atoms with Crippen molar-refractivity contribution < 1.29 is 9.53 Å². The van der Waals surface area contributed by atoms with Gasteiger partial charge in [-0.1, -0.05) is 6.92 Å². The maximum Gasteiger partial charge on any atom is 0.263 e. The summed E-state index contributed by atoms with van der Waals surface area (Å²) >= 11 is 0. The fourth-order valence-corrected chi connectivity index (χ4v) is 3.71. The first-order valence-electron chi connectivity index (χ1n) is 10.6. The lowest BCUT2D eigenvalue weighted by molar-refractivity contribution is 0.102. The molecule has 164 valence electrons. The molecule has 1 amide bonds. The number of aromatic nitrogens is 5. The van der Waals surface area contributed by atoms with Crippen molar-refractivity contribution in [2.45, 2.75) is 40.2 Å². The van der Waals surface area contributed by atoms with Crippen molar-refractivity contribution in [1.29, 1.82) is 0 Å². The van der Waals surface area contributed by atoms with Gasteiger partial charge < -0.3 is 24.7 Å². The van der Waals surface area contributed by atoms with E-state index in [1.165, 1.54) is 6.20 Å². The Morgan fingerprint density at radius 1 is 1.26 bits per heavy atom. The molecule has 2 N–H and O–H groups in total. The van der Waals surface area contributed by atoms with Crippen LogP contribution in [0.1, 0.15) is 42.0 Å². The Morgan fingerprint density at radius 2 is 2.10 bits per heavy atom. The first-order valence-corrected chi connectivity index (χ1v) is 10.6. The molecular weight excluding hydrogens is 396 g/mol. The third kappa shape index (κ3) is 4.43. The number of carbonyl (C=O) groups is 1. The Morgan fingerprint density at radius 3 is 2.87 bits per heavy atom. The number of imidazole rings is 1. The maximum atomic E-state index is 13.0. The van der Waals surface area contributed by atoms with Gasteiger partial charge in [0.2, 0.25) is 11.8 Å². The van der Waals surface area contributed by atoms with Crippen LogP contribution in [0.5, 0.6) is 5.88 Å². The second kappa shape index (κ2) is 8.84. The van der Waals surface area contributed by atoms with E-state index in [1.807, 2.05) is 31.4 Å². The van der Waals surface area contributed by atoms with Gasteiger partial charge in [0, 0.05) is 38.1 Å². The summed E-state index contributed by atoms with van der Waals surface area (Å²) < 4.78 is 7.54. The van der Waals surface area contributed by atoms with E-state index in [0.717, 1.165) is 43.1 Å². The molecule has 1 atom stereocenters. The summed E-state index contributed by atoms with van der Waals surface area (Å²) in [4.78, 5) is 33.0. The van der Waals surface area contributed by atoms with E-state index in [2.05, 4.69) is 42.4 Å². The van der Waals surface area contributed by atoms with Gasteiger partial charge in [0.1, 0.15) is 11.4 Å². The van der Waals surface area contributed by atoms with Gasteiger partial charge in [0.05, 0.1) is 24.2 Å². The first kappa shape index (κ1) is 21.0. The fraction of sp³-hybridized carbons (Fsp3) is 0.476. The summed E-state index contributed by atoms with van der Waals surface area (Å²) in [6, 6.07) is 0.395. The molecular formula is C21H28N8O2. The highest BCUT2D eigenvalue weighted by Gasteiger charge is 2.23. The lowest BCUT2D eigenvalue weighted by Crippen LogP contribution is -2.51. The van der Waals surface area contributed by atoms with Crippen LogP contribution in [0.15, 0.2) is 18.6 Å². The zero-order valence-electron chi connectivity index (χ0n) is 18.3. The molecule has 1 unspecified atom stereocenters. The van der Waals surface area contributed by atoms with E-state index in [-0.39, 0.29) is 17.4 Å². The molecule has 4 rings (SSSR count). The Bertz CT molecular complexity index is 1100. The molecule has 31 heavy (non-hydrogen) atoms. The molecule has 10 heteroatoms. The Hall–Kier alpha value is -3.27. The summed E-state index contributed by atoms with van der Waals surface area (Å²) in [5.74, 6) is 0.897. The molecule has 3 aromatic heterocycles. The Kier molecular flexibility index (Phi) is 5.99. The van der Waals surface area contributed by atoms with Crippen molar-refractivity contribution in [3.63, 3.8) is 0 Å². The highest BCUT2D eigenvalue weighted by atomic mass is 16.5. The average molecular weight is 425 g/mol. The lowest BCUT2D eigenvalue weighted by atomic mass is 10.1. The van der Waals surface area contributed by atoms with Gasteiger partial charge in [-0.3, -0.25) is 4.79 Å². The van der Waals surface area contributed by atoms with Crippen molar-refractivity contribution in [2.75, 3.05) is 36.5 Å². The second-order valence-electron chi connectivity index (χ2n) is 7.61. The number of hydrogen-bond acceptors (Lipinski definition) is 8. The number of nitrogens with zero attached hydrogens (tertiary/aromatic N) is 6. The van der Waals surface area contributed by atoms with Crippen LogP contribution in [0.4, 0.5) is 11.8 Å². The Labute approximate surface area is 181 Å². The zero-order valence-corrected chi connectivity index (χ0v) is 18.3. The van der Waals surface area contributed by atoms with Gasteiger partial charge in [-0.25, -0.2) is 15.0 Å². The topological polar surface area (TPSA) is 110 Å². The summed E-state index contributed by atoms with van der Waals surface area (Å²) in [7, 11) is 0. The molecule has 0 spiro atoms. The SMILES string of the molecule is CCOc1nc(N2CCNC(CC)C2)ncc1C(=O)Nc1cn2cc(C)nc2c(C)n1. The van der Waals surface area contributed by atoms with Crippen LogP contribution in [0, 0.1) is 13.8 Å². The highest BCUT2D eigenvalue weighted by Crippen LogP contribution is 2.22. The van der Waals surface area contributed by atoms with Crippen molar-refractivity contribution >= 4 is 23.3 Å². The van der Waals surface area contributed by atoms with Gasteiger partial charge in [-0.05, 0) is 27.2 Å². The van der Waals surface area contributed by atoms with Crippen LogP contribution in [0.3, 0.4) is 0 Å². The Balaban J connectivity index is 1.58. The molecule has 0 saturated carbocycles. The third-order valence-electron chi connectivity index (χ3n) is 5.27. The molecule has 4 heterocycles. The minimum Gasteiger partial charge on any atom is -0.477 e. The van der Waals surface area contributed by atoms with E-state index >= 15 is 0 Å². The summed E-state index contributed by atoms with van der Waals surface area (Å²) in [5.41, 5.74) is 2.65.